The van der Waals surface area contributed by atoms with Crippen molar-refractivity contribution in [2.75, 3.05) is 30.8 Å². The third kappa shape index (κ3) is 4.12. The molecule has 4 heteroatoms. The Bertz CT molecular complexity index is 557. The van der Waals surface area contributed by atoms with Gasteiger partial charge in [-0.3, -0.25) is 4.98 Å². The molecule has 0 saturated carbocycles. The number of nitrogen functional groups attached to an aromatic ring is 1. The maximum absolute atomic E-state index is 6.22. The van der Waals surface area contributed by atoms with E-state index < -0.39 is 0 Å². The van der Waals surface area contributed by atoms with Gasteiger partial charge in [-0.15, -0.1) is 0 Å². The van der Waals surface area contributed by atoms with Crippen molar-refractivity contribution in [2.45, 2.75) is 19.8 Å². The summed E-state index contributed by atoms with van der Waals surface area (Å²) in [5.41, 5.74) is 9.21. The Kier molecular flexibility index (Phi) is 5.43. The van der Waals surface area contributed by atoms with Crippen LogP contribution in [0.2, 0.25) is 0 Å². The summed E-state index contributed by atoms with van der Waals surface area (Å²) in [4.78, 5) is 6.20. The molecule has 0 spiro atoms. The van der Waals surface area contributed by atoms with E-state index in [0.717, 1.165) is 30.8 Å². The van der Waals surface area contributed by atoms with Gasteiger partial charge in [0, 0.05) is 26.0 Å². The van der Waals surface area contributed by atoms with Gasteiger partial charge in [-0.2, -0.15) is 0 Å². The predicted molar refractivity (Wildman–Crippen MR) is 87.9 cm³/mol. The fourth-order valence-corrected chi connectivity index (χ4v) is 2.17. The molecule has 2 rings (SSSR count). The minimum atomic E-state index is 0.689. The summed E-state index contributed by atoms with van der Waals surface area (Å²) in [7, 11) is 2.05. The minimum absolute atomic E-state index is 0.689. The van der Waals surface area contributed by atoms with Crippen molar-refractivity contribution in [1.82, 2.24) is 4.98 Å². The molecule has 21 heavy (non-hydrogen) atoms. The van der Waals surface area contributed by atoms with Crippen LogP contribution >= 0.6 is 0 Å². The molecular weight excluding hydrogens is 262 g/mol. The maximum Gasteiger partial charge on any atom is 0.144 e. The highest BCUT2D eigenvalue weighted by Crippen LogP contribution is 2.31. The number of nitrogens with zero attached hydrogens (tertiary/aromatic N) is 2. The van der Waals surface area contributed by atoms with Crippen LogP contribution in [0.3, 0.4) is 0 Å². The van der Waals surface area contributed by atoms with Gasteiger partial charge in [0.05, 0.1) is 18.0 Å². The number of hydrogen-bond acceptors (Lipinski definition) is 4. The molecule has 0 saturated heterocycles. The number of rotatable bonds is 7. The average molecular weight is 285 g/mol. The molecule has 0 aliphatic rings. The maximum atomic E-state index is 6.22. The van der Waals surface area contributed by atoms with Crippen molar-refractivity contribution in [1.29, 1.82) is 0 Å². The monoisotopic (exact) mass is 285 g/mol. The lowest BCUT2D eigenvalue weighted by Crippen LogP contribution is -2.21. The van der Waals surface area contributed by atoms with E-state index in [1.165, 1.54) is 5.56 Å². The van der Waals surface area contributed by atoms with Crippen molar-refractivity contribution >= 4 is 11.4 Å². The van der Waals surface area contributed by atoms with Gasteiger partial charge in [0.1, 0.15) is 5.75 Å². The van der Waals surface area contributed by atoms with E-state index in [4.69, 9.17) is 10.5 Å². The highest BCUT2D eigenvalue weighted by atomic mass is 16.5. The first-order valence-electron chi connectivity index (χ1n) is 7.33. The summed E-state index contributed by atoms with van der Waals surface area (Å²) in [5, 5.41) is 0. The Morgan fingerprint density at radius 2 is 1.95 bits per heavy atom. The second kappa shape index (κ2) is 7.53. The first-order valence-corrected chi connectivity index (χ1v) is 7.33. The molecule has 0 aliphatic heterocycles. The Balaban J connectivity index is 2.03. The Labute approximate surface area is 126 Å². The van der Waals surface area contributed by atoms with E-state index in [9.17, 15) is 0 Å². The van der Waals surface area contributed by atoms with Crippen LogP contribution in [0.15, 0.2) is 42.7 Å². The van der Waals surface area contributed by atoms with Gasteiger partial charge in [-0.25, -0.2) is 0 Å². The van der Waals surface area contributed by atoms with Crippen LogP contribution in [0.5, 0.6) is 5.75 Å². The van der Waals surface area contributed by atoms with Crippen molar-refractivity contribution < 1.29 is 4.74 Å². The number of pyridine rings is 1. The molecule has 0 unspecified atom stereocenters. The number of nitrogens with two attached hydrogens (primary N) is 1. The van der Waals surface area contributed by atoms with Crippen LogP contribution < -0.4 is 15.4 Å². The second-order valence-electron chi connectivity index (χ2n) is 5.06. The minimum Gasteiger partial charge on any atom is -0.491 e. The van der Waals surface area contributed by atoms with Gasteiger partial charge in [0.2, 0.25) is 0 Å². The van der Waals surface area contributed by atoms with Crippen molar-refractivity contribution in [3.05, 3.63) is 48.3 Å². The summed E-state index contributed by atoms with van der Waals surface area (Å²) in [5.74, 6) is 0.769. The first-order chi connectivity index (χ1) is 10.2. The molecule has 2 aromatic rings. The highest BCUT2D eigenvalue weighted by Gasteiger charge is 2.10. The number of ether oxygens (including phenoxy) is 1. The SMILES string of the molecule is CCCOc1cccc(N(C)CCc2ccncc2)c1N. The van der Waals surface area contributed by atoms with Gasteiger partial charge < -0.3 is 15.4 Å². The molecule has 0 aliphatic carbocycles. The van der Waals surface area contributed by atoms with Crippen LogP contribution in [0.25, 0.3) is 0 Å². The third-order valence-electron chi connectivity index (χ3n) is 3.40. The number of aromatic nitrogens is 1. The van der Waals surface area contributed by atoms with Crippen molar-refractivity contribution in [2.24, 2.45) is 0 Å². The van der Waals surface area contributed by atoms with Crippen LogP contribution in [-0.4, -0.2) is 25.2 Å². The summed E-state index contributed by atoms with van der Waals surface area (Å²) >= 11 is 0. The Hall–Kier alpha value is -2.23. The molecular formula is C17H23N3O. The van der Waals surface area contributed by atoms with Gasteiger partial charge in [0.25, 0.3) is 0 Å². The molecule has 0 radical (unpaired) electrons. The molecule has 112 valence electrons. The smallest absolute Gasteiger partial charge is 0.144 e. The number of likely N-dealkylation sites (N-methyl/N-ethyl adjacent to an activating group) is 1. The molecule has 1 heterocycles. The molecule has 1 aromatic heterocycles. The van der Waals surface area contributed by atoms with Gasteiger partial charge >= 0.3 is 0 Å². The van der Waals surface area contributed by atoms with E-state index >= 15 is 0 Å². The molecule has 0 fully saturated rings. The van der Waals surface area contributed by atoms with Crippen molar-refractivity contribution in [3.8, 4) is 5.75 Å². The molecule has 2 N–H and O–H groups in total. The highest BCUT2D eigenvalue weighted by molar-refractivity contribution is 5.73. The summed E-state index contributed by atoms with van der Waals surface area (Å²) < 4.78 is 5.68. The van der Waals surface area contributed by atoms with Crippen LogP contribution in [-0.2, 0) is 6.42 Å². The quantitative estimate of drug-likeness (QED) is 0.794. The third-order valence-corrected chi connectivity index (χ3v) is 3.40. The second-order valence-corrected chi connectivity index (χ2v) is 5.06. The Morgan fingerprint density at radius 3 is 2.67 bits per heavy atom. The van der Waals surface area contributed by atoms with Gasteiger partial charge in [-0.1, -0.05) is 13.0 Å². The lowest BCUT2D eigenvalue weighted by molar-refractivity contribution is 0.319. The number of para-hydroxylation sites is 1. The fraction of sp³-hybridized carbons (Fsp3) is 0.353. The molecule has 1 aromatic carbocycles. The van der Waals surface area contributed by atoms with Crippen LogP contribution in [0.4, 0.5) is 11.4 Å². The lowest BCUT2D eigenvalue weighted by Gasteiger charge is -2.22. The number of benzene rings is 1. The van der Waals surface area contributed by atoms with Gasteiger partial charge in [-0.05, 0) is 42.7 Å². The van der Waals surface area contributed by atoms with Crippen molar-refractivity contribution in [3.63, 3.8) is 0 Å². The van der Waals surface area contributed by atoms with E-state index in [1.54, 1.807) is 0 Å². The zero-order valence-corrected chi connectivity index (χ0v) is 12.7. The van der Waals surface area contributed by atoms with E-state index in [-0.39, 0.29) is 0 Å². The molecule has 0 bridgehead atoms. The standard InChI is InChI=1S/C17H23N3O/c1-3-13-21-16-6-4-5-15(17(16)18)20(2)12-9-14-7-10-19-11-8-14/h4-8,10-11H,3,9,12-13,18H2,1-2H3. The largest absolute Gasteiger partial charge is 0.491 e. The van der Waals surface area contributed by atoms with E-state index in [1.807, 2.05) is 42.7 Å². The lowest BCUT2D eigenvalue weighted by atomic mass is 10.1. The fourth-order valence-electron chi connectivity index (χ4n) is 2.17. The summed E-state index contributed by atoms with van der Waals surface area (Å²) in [6, 6.07) is 10.0. The zero-order valence-electron chi connectivity index (χ0n) is 12.7. The molecule has 0 amide bonds. The predicted octanol–water partition coefficient (Wildman–Crippen LogP) is 3.13. The average Bonchev–Trinajstić information content (AvgIpc) is 2.52. The molecule has 4 nitrogen and oxygen atoms in total. The number of anilines is 2. The van der Waals surface area contributed by atoms with Gasteiger partial charge in [0.15, 0.2) is 0 Å². The van der Waals surface area contributed by atoms with Crippen LogP contribution in [0.1, 0.15) is 18.9 Å². The molecule has 0 atom stereocenters. The Morgan fingerprint density at radius 1 is 1.19 bits per heavy atom. The number of hydrogen-bond donors (Lipinski definition) is 1. The summed E-state index contributed by atoms with van der Waals surface area (Å²) in [6.45, 7) is 3.67. The van der Waals surface area contributed by atoms with E-state index in [0.29, 0.717) is 12.3 Å². The zero-order chi connectivity index (χ0) is 15.1. The normalized spacial score (nSPS) is 10.4. The summed E-state index contributed by atoms with van der Waals surface area (Å²) in [6.07, 6.45) is 5.58. The topological polar surface area (TPSA) is 51.4 Å². The van der Waals surface area contributed by atoms with E-state index in [2.05, 4.69) is 23.9 Å². The van der Waals surface area contributed by atoms with Crippen LogP contribution in [0, 0.1) is 0 Å². The first kappa shape index (κ1) is 15.2.